The van der Waals surface area contributed by atoms with Gasteiger partial charge >= 0.3 is 0 Å². The number of rotatable bonds is 6. The average Bonchev–Trinajstić information content (AvgIpc) is 3.00. The van der Waals surface area contributed by atoms with Gasteiger partial charge in [-0.25, -0.2) is 9.29 Å². The number of imide groups is 1. The molecule has 0 atom stereocenters. The molecule has 0 bridgehead atoms. The van der Waals surface area contributed by atoms with Crippen molar-refractivity contribution in [3.63, 3.8) is 0 Å². The summed E-state index contributed by atoms with van der Waals surface area (Å²) >= 11 is 0. The fraction of sp³-hybridized carbons (Fsp3) is 0.120. The number of carbonyl (C=O) groups excluding carboxylic acids is 2. The smallest absolute Gasteiger partial charge is 0.282 e. The Morgan fingerprint density at radius 3 is 2.35 bits per heavy atom. The molecule has 31 heavy (non-hydrogen) atoms. The van der Waals surface area contributed by atoms with E-state index in [9.17, 15) is 14.0 Å². The van der Waals surface area contributed by atoms with E-state index in [1.165, 1.54) is 24.3 Å². The lowest BCUT2D eigenvalue weighted by Crippen LogP contribution is -2.32. The number of nitrogens with zero attached hydrogens (tertiary/aromatic N) is 1. The maximum atomic E-state index is 13.8. The van der Waals surface area contributed by atoms with Gasteiger partial charge in [-0.05, 0) is 61.4 Å². The van der Waals surface area contributed by atoms with Crippen molar-refractivity contribution in [1.82, 2.24) is 0 Å². The number of aryl methyl sites for hydroxylation is 1. The first-order chi connectivity index (χ1) is 15.0. The minimum Gasteiger partial charge on any atom is -0.494 e. The van der Waals surface area contributed by atoms with Crippen molar-refractivity contribution >= 4 is 28.8 Å². The van der Waals surface area contributed by atoms with Crippen molar-refractivity contribution in [2.24, 2.45) is 0 Å². The van der Waals surface area contributed by atoms with Crippen LogP contribution in [0.4, 0.5) is 15.8 Å². The molecular formula is C25H21FN2O3. The quantitative estimate of drug-likeness (QED) is 0.579. The van der Waals surface area contributed by atoms with Crippen LogP contribution in [0, 0.1) is 12.7 Å². The Bertz CT molecular complexity index is 1190. The van der Waals surface area contributed by atoms with E-state index < -0.39 is 17.6 Å². The molecule has 0 saturated heterocycles. The molecule has 6 heteroatoms. The van der Waals surface area contributed by atoms with Crippen LogP contribution in [0.1, 0.15) is 18.1 Å². The standard InChI is InChI=1S/C25H21FN2O3/c1-3-31-20-13-11-17(12-14-20)22-23(27-21-10-5-4-7-16(21)2)25(30)28(24(22)29)19-9-6-8-18(26)15-19/h4-15,27H,3H2,1-2H3. The molecule has 0 fully saturated rings. The number of nitrogens with one attached hydrogen (secondary N) is 1. The van der Waals surface area contributed by atoms with Crippen molar-refractivity contribution < 1.29 is 18.7 Å². The summed E-state index contributed by atoms with van der Waals surface area (Å²) in [6.07, 6.45) is 0. The van der Waals surface area contributed by atoms with Gasteiger partial charge in [-0.3, -0.25) is 9.59 Å². The van der Waals surface area contributed by atoms with E-state index in [4.69, 9.17) is 4.74 Å². The van der Waals surface area contributed by atoms with Gasteiger partial charge in [-0.1, -0.05) is 36.4 Å². The lowest BCUT2D eigenvalue weighted by atomic mass is 10.0. The van der Waals surface area contributed by atoms with E-state index in [1.807, 2.05) is 38.1 Å². The maximum Gasteiger partial charge on any atom is 0.282 e. The first-order valence-corrected chi connectivity index (χ1v) is 9.94. The second-order valence-electron chi connectivity index (χ2n) is 7.07. The monoisotopic (exact) mass is 416 g/mol. The van der Waals surface area contributed by atoms with Crippen molar-refractivity contribution in [2.75, 3.05) is 16.8 Å². The van der Waals surface area contributed by atoms with Crippen LogP contribution in [0.15, 0.2) is 78.5 Å². The van der Waals surface area contributed by atoms with Gasteiger partial charge in [-0.15, -0.1) is 0 Å². The fourth-order valence-electron chi connectivity index (χ4n) is 3.50. The molecule has 0 aromatic heterocycles. The van der Waals surface area contributed by atoms with E-state index in [2.05, 4.69) is 5.32 Å². The SMILES string of the molecule is CCOc1ccc(C2=C(Nc3ccccc3C)C(=O)N(c3cccc(F)c3)C2=O)cc1. The lowest BCUT2D eigenvalue weighted by Gasteiger charge is -2.15. The molecule has 0 spiro atoms. The number of amides is 2. The minimum atomic E-state index is -0.539. The number of halogens is 1. The van der Waals surface area contributed by atoms with Gasteiger partial charge in [0.05, 0.1) is 17.9 Å². The van der Waals surface area contributed by atoms with Gasteiger partial charge in [-0.2, -0.15) is 0 Å². The average molecular weight is 416 g/mol. The second-order valence-corrected chi connectivity index (χ2v) is 7.07. The van der Waals surface area contributed by atoms with Crippen molar-refractivity contribution in [3.05, 3.63) is 95.4 Å². The lowest BCUT2D eigenvalue weighted by molar-refractivity contribution is -0.120. The number of para-hydroxylation sites is 1. The van der Waals surface area contributed by atoms with E-state index in [-0.39, 0.29) is 17.0 Å². The maximum absolute atomic E-state index is 13.8. The molecule has 2 amide bonds. The molecule has 1 N–H and O–H groups in total. The highest BCUT2D eigenvalue weighted by Crippen LogP contribution is 2.35. The van der Waals surface area contributed by atoms with Crippen molar-refractivity contribution in [3.8, 4) is 5.75 Å². The number of anilines is 2. The van der Waals surface area contributed by atoms with Crippen LogP contribution in [0.5, 0.6) is 5.75 Å². The van der Waals surface area contributed by atoms with Crippen LogP contribution < -0.4 is 15.0 Å². The molecule has 1 heterocycles. The van der Waals surface area contributed by atoms with Gasteiger partial charge < -0.3 is 10.1 Å². The Kier molecular flexibility index (Phi) is 5.54. The molecule has 3 aromatic rings. The van der Waals surface area contributed by atoms with Gasteiger partial charge in [0, 0.05) is 5.69 Å². The highest BCUT2D eigenvalue weighted by atomic mass is 19.1. The van der Waals surface area contributed by atoms with E-state index in [0.29, 0.717) is 23.6 Å². The number of carbonyl (C=O) groups is 2. The zero-order chi connectivity index (χ0) is 22.0. The van der Waals surface area contributed by atoms with Gasteiger partial charge in [0.2, 0.25) is 0 Å². The molecule has 1 aliphatic heterocycles. The number of hydrogen-bond donors (Lipinski definition) is 1. The largest absolute Gasteiger partial charge is 0.494 e. The predicted octanol–water partition coefficient (Wildman–Crippen LogP) is 4.93. The van der Waals surface area contributed by atoms with Crippen LogP contribution in [0.2, 0.25) is 0 Å². The van der Waals surface area contributed by atoms with Crippen molar-refractivity contribution in [2.45, 2.75) is 13.8 Å². The molecule has 1 aliphatic rings. The Balaban J connectivity index is 1.81. The van der Waals surface area contributed by atoms with Crippen molar-refractivity contribution in [1.29, 1.82) is 0 Å². The van der Waals surface area contributed by atoms with Crippen LogP contribution in [-0.4, -0.2) is 18.4 Å². The first kappa shape index (κ1) is 20.3. The third-order valence-corrected chi connectivity index (χ3v) is 5.01. The summed E-state index contributed by atoms with van der Waals surface area (Å²) < 4.78 is 19.3. The number of hydrogen-bond acceptors (Lipinski definition) is 4. The second kappa shape index (κ2) is 8.44. The summed E-state index contributed by atoms with van der Waals surface area (Å²) in [5, 5.41) is 3.13. The zero-order valence-corrected chi connectivity index (χ0v) is 17.2. The Morgan fingerprint density at radius 2 is 1.68 bits per heavy atom. The summed E-state index contributed by atoms with van der Waals surface area (Å²) in [6, 6.07) is 19.9. The molecule has 0 unspecified atom stereocenters. The molecule has 0 aliphatic carbocycles. The molecule has 4 rings (SSSR count). The summed E-state index contributed by atoms with van der Waals surface area (Å²) in [4.78, 5) is 27.7. The van der Waals surface area contributed by atoms with Crippen LogP contribution >= 0.6 is 0 Å². The summed E-state index contributed by atoms with van der Waals surface area (Å²) in [7, 11) is 0. The van der Waals surface area contributed by atoms with E-state index in [1.54, 1.807) is 24.3 Å². The normalized spacial score (nSPS) is 13.7. The summed E-state index contributed by atoms with van der Waals surface area (Å²) in [6.45, 7) is 4.31. The van der Waals surface area contributed by atoms with Gasteiger partial charge in [0.1, 0.15) is 17.3 Å². The Morgan fingerprint density at radius 1 is 0.935 bits per heavy atom. The highest BCUT2D eigenvalue weighted by molar-refractivity contribution is 6.46. The number of ether oxygens (including phenoxy) is 1. The molecular weight excluding hydrogens is 395 g/mol. The molecule has 156 valence electrons. The predicted molar refractivity (Wildman–Crippen MR) is 118 cm³/mol. The molecule has 0 saturated carbocycles. The molecule has 0 radical (unpaired) electrons. The zero-order valence-electron chi connectivity index (χ0n) is 17.2. The minimum absolute atomic E-state index is 0.146. The highest BCUT2D eigenvalue weighted by Gasteiger charge is 2.40. The third-order valence-electron chi connectivity index (χ3n) is 5.01. The van der Waals surface area contributed by atoms with Gasteiger partial charge in [0.25, 0.3) is 11.8 Å². The molecule has 3 aromatic carbocycles. The van der Waals surface area contributed by atoms with E-state index >= 15 is 0 Å². The van der Waals surface area contributed by atoms with Crippen LogP contribution in [-0.2, 0) is 9.59 Å². The Hall–Kier alpha value is -3.93. The first-order valence-electron chi connectivity index (χ1n) is 9.94. The van der Waals surface area contributed by atoms with Crippen LogP contribution in [0.25, 0.3) is 5.57 Å². The Labute approximate surface area is 179 Å². The molecule has 5 nitrogen and oxygen atoms in total. The van der Waals surface area contributed by atoms with Crippen LogP contribution in [0.3, 0.4) is 0 Å². The summed E-state index contributed by atoms with van der Waals surface area (Å²) in [5.74, 6) is -0.918. The third kappa shape index (κ3) is 3.92. The fourth-order valence-corrected chi connectivity index (χ4v) is 3.50. The topological polar surface area (TPSA) is 58.6 Å². The van der Waals surface area contributed by atoms with Gasteiger partial charge in [0.15, 0.2) is 0 Å². The van der Waals surface area contributed by atoms with E-state index in [0.717, 1.165) is 10.5 Å². The summed E-state index contributed by atoms with van der Waals surface area (Å²) in [5.41, 5.74) is 2.75. The number of benzene rings is 3.